The van der Waals surface area contributed by atoms with E-state index in [0.717, 1.165) is 12.8 Å². The number of hydrogen-bond acceptors (Lipinski definition) is 4. The number of rotatable bonds is 4. The summed E-state index contributed by atoms with van der Waals surface area (Å²) in [5.74, 6) is -0.136. The van der Waals surface area contributed by atoms with Crippen LogP contribution in [0.1, 0.15) is 46.5 Å². The highest BCUT2D eigenvalue weighted by atomic mass is 16.6. The molecule has 94 valence electrons. The number of hydrogen-bond donors (Lipinski definition) is 1. The zero-order valence-corrected chi connectivity index (χ0v) is 10.4. The maximum absolute atomic E-state index is 11.5. The largest absolute Gasteiger partial charge is 0.462 e. The molecule has 1 rings (SSSR count). The fraction of sp³-hybridized carbons (Fsp3) is 0.917. The first-order valence-electron chi connectivity index (χ1n) is 6.08. The van der Waals surface area contributed by atoms with Crippen LogP contribution >= 0.6 is 0 Å². The molecule has 0 bridgehead atoms. The molecule has 0 aromatic carbocycles. The molecule has 0 aliphatic carbocycles. The van der Waals surface area contributed by atoms with E-state index in [-0.39, 0.29) is 30.3 Å². The van der Waals surface area contributed by atoms with Crippen molar-refractivity contribution < 1.29 is 14.3 Å². The third-order valence-electron chi connectivity index (χ3n) is 2.76. The Balaban J connectivity index is 2.27. The summed E-state index contributed by atoms with van der Waals surface area (Å²) in [5, 5.41) is 0. The van der Waals surface area contributed by atoms with Crippen LogP contribution in [0.4, 0.5) is 0 Å². The lowest BCUT2D eigenvalue weighted by Gasteiger charge is -2.31. The van der Waals surface area contributed by atoms with Gasteiger partial charge in [0.1, 0.15) is 6.10 Å². The molecule has 1 aliphatic rings. The van der Waals surface area contributed by atoms with Gasteiger partial charge in [0.25, 0.3) is 0 Å². The first-order valence-corrected chi connectivity index (χ1v) is 6.08. The molecule has 1 saturated heterocycles. The third-order valence-corrected chi connectivity index (χ3v) is 2.76. The van der Waals surface area contributed by atoms with E-state index in [2.05, 4.69) is 0 Å². The van der Waals surface area contributed by atoms with Crippen molar-refractivity contribution in [3.63, 3.8) is 0 Å². The van der Waals surface area contributed by atoms with E-state index in [4.69, 9.17) is 15.2 Å². The molecule has 0 radical (unpaired) electrons. The van der Waals surface area contributed by atoms with Gasteiger partial charge >= 0.3 is 5.97 Å². The summed E-state index contributed by atoms with van der Waals surface area (Å²) in [4.78, 5) is 11.5. The van der Waals surface area contributed by atoms with E-state index in [1.807, 2.05) is 20.8 Å². The smallest absolute Gasteiger partial charge is 0.306 e. The Bertz CT molecular complexity index is 220. The average Bonchev–Trinajstić information content (AvgIpc) is 2.12. The van der Waals surface area contributed by atoms with Gasteiger partial charge in [-0.3, -0.25) is 4.79 Å². The van der Waals surface area contributed by atoms with E-state index in [0.29, 0.717) is 12.8 Å². The van der Waals surface area contributed by atoms with Gasteiger partial charge in [-0.25, -0.2) is 0 Å². The molecule has 0 saturated carbocycles. The van der Waals surface area contributed by atoms with Gasteiger partial charge in [0.05, 0.1) is 12.2 Å². The lowest BCUT2D eigenvalue weighted by atomic mass is 10.0. The lowest BCUT2D eigenvalue weighted by molar-refractivity contribution is -0.159. The number of ether oxygens (including phenoxy) is 2. The zero-order chi connectivity index (χ0) is 12.1. The van der Waals surface area contributed by atoms with Gasteiger partial charge < -0.3 is 15.2 Å². The monoisotopic (exact) mass is 229 g/mol. The van der Waals surface area contributed by atoms with Crippen molar-refractivity contribution in [2.45, 2.75) is 70.8 Å². The molecule has 0 spiro atoms. The van der Waals surface area contributed by atoms with Crippen molar-refractivity contribution in [1.29, 1.82) is 0 Å². The molecule has 4 heteroatoms. The lowest BCUT2D eigenvalue weighted by Crippen LogP contribution is -2.35. The summed E-state index contributed by atoms with van der Waals surface area (Å²) in [6.07, 6.45) is 3.07. The zero-order valence-electron chi connectivity index (χ0n) is 10.4. The van der Waals surface area contributed by atoms with E-state index in [1.165, 1.54) is 0 Å². The Morgan fingerprint density at radius 1 is 1.44 bits per heavy atom. The molecule has 0 amide bonds. The van der Waals surface area contributed by atoms with Crippen molar-refractivity contribution in [2.24, 2.45) is 5.73 Å². The van der Waals surface area contributed by atoms with Crippen LogP contribution in [0.25, 0.3) is 0 Å². The van der Waals surface area contributed by atoms with Gasteiger partial charge in [0, 0.05) is 25.3 Å². The Hall–Kier alpha value is -0.610. The van der Waals surface area contributed by atoms with Gasteiger partial charge in [0.15, 0.2) is 0 Å². The second kappa shape index (κ2) is 6.21. The van der Waals surface area contributed by atoms with E-state index >= 15 is 0 Å². The van der Waals surface area contributed by atoms with Crippen LogP contribution in [0.15, 0.2) is 0 Å². The summed E-state index contributed by atoms with van der Waals surface area (Å²) in [6, 6.07) is 0.0556. The highest BCUT2D eigenvalue weighted by Gasteiger charge is 2.26. The summed E-state index contributed by atoms with van der Waals surface area (Å²) >= 11 is 0. The Kier molecular flexibility index (Phi) is 5.22. The minimum Gasteiger partial charge on any atom is -0.462 e. The van der Waals surface area contributed by atoms with Gasteiger partial charge in [0.2, 0.25) is 0 Å². The first-order chi connectivity index (χ1) is 7.47. The minimum absolute atomic E-state index is 0.0133. The van der Waals surface area contributed by atoms with Gasteiger partial charge in [-0.15, -0.1) is 0 Å². The minimum atomic E-state index is -0.136. The molecule has 1 heterocycles. The van der Waals surface area contributed by atoms with Crippen LogP contribution in [0.3, 0.4) is 0 Å². The third kappa shape index (κ3) is 4.94. The first kappa shape index (κ1) is 13.5. The molecular weight excluding hydrogens is 206 g/mol. The number of esters is 1. The topological polar surface area (TPSA) is 61.6 Å². The molecule has 1 aliphatic heterocycles. The fourth-order valence-electron chi connectivity index (χ4n) is 2.03. The van der Waals surface area contributed by atoms with E-state index in [9.17, 15) is 4.79 Å². The highest BCUT2D eigenvalue weighted by molar-refractivity contribution is 5.69. The predicted octanol–water partition coefficient (Wildman–Crippen LogP) is 1.61. The maximum atomic E-state index is 11.5. The van der Waals surface area contributed by atoms with Crippen molar-refractivity contribution in [3.8, 4) is 0 Å². The molecule has 2 N–H and O–H groups in total. The van der Waals surface area contributed by atoms with Crippen molar-refractivity contribution >= 4 is 5.97 Å². The number of nitrogens with two attached hydrogens (primary N) is 1. The van der Waals surface area contributed by atoms with Crippen molar-refractivity contribution in [3.05, 3.63) is 0 Å². The molecule has 16 heavy (non-hydrogen) atoms. The van der Waals surface area contributed by atoms with Crippen LogP contribution in [-0.4, -0.2) is 30.3 Å². The molecule has 1 fully saturated rings. The van der Waals surface area contributed by atoms with E-state index in [1.54, 1.807) is 0 Å². The molecule has 0 aromatic rings. The van der Waals surface area contributed by atoms with Crippen LogP contribution in [0, 0.1) is 0 Å². The summed E-state index contributed by atoms with van der Waals surface area (Å²) in [5.41, 5.74) is 5.59. The molecular formula is C12H23NO3. The Morgan fingerprint density at radius 2 is 2.00 bits per heavy atom. The average molecular weight is 229 g/mol. The van der Waals surface area contributed by atoms with Gasteiger partial charge in [-0.1, -0.05) is 0 Å². The summed E-state index contributed by atoms with van der Waals surface area (Å²) in [7, 11) is 0. The van der Waals surface area contributed by atoms with Crippen molar-refractivity contribution in [1.82, 2.24) is 0 Å². The Morgan fingerprint density at radius 3 is 2.50 bits per heavy atom. The van der Waals surface area contributed by atoms with Crippen LogP contribution in [0.5, 0.6) is 0 Å². The second-order valence-electron chi connectivity index (χ2n) is 4.86. The number of carbonyl (C=O) groups is 1. The fourth-order valence-corrected chi connectivity index (χ4v) is 2.03. The van der Waals surface area contributed by atoms with E-state index < -0.39 is 0 Å². The molecule has 3 unspecified atom stereocenters. The molecule has 4 nitrogen and oxygen atoms in total. The quantitative estimate of drug-likeness (QED) is 0.744. The second-order valence-corrected chi connectivity index (χ2v) is 4.86. The SMILES string of the molecule is CC(N)CCC(=O)OC1CC(C)OC(C)C1. The van der Waals surface area contributed by atoms with Crippen molar-refractivity contribution in [2.75, 3.05) is 0 Å². The molecule has 3 atom stereocenters. The molecule has 0 aromatic heterocycles. The normalized spacial score (nSPS) is 32.1. The number of carbonyl (C=O) groups excluding carboxylic acids is 1. The standard InChI is InChI=1S/C12H23NO3/c1-8(13)4-5-12(14)16-11-6-9(2)15-10(3)7-11/h8-11H,4-7,13H2,1-3H3. The highest BCUT2D eigenvalue weighted by Crippen LogP contribution is 2.22. The van der Waals surface area contributed by atoms with Gasteiger partial charge in [-0.2, -0.15) is 0 Å². The maximum Gasteiger partial charge on any atom is 0.306 e. The predicted molar refractivity (Wildman–Crippen MR) is 62.0 cm³/mol. The van der Waals surface area contributed by atoms with Crippen LogP contribution in [0.2, 0.25) is 0 Å². The Labute approximate surface area is 97.5 Å². The van der Waals surface area contributed by atoms with Crippen LogP contribution in [-0.2, 0) is 14.3 Å². The van der Waals surface area contributed by atoms with Crippen LogP contribution < -0.4 is 5.73 Å². The summed E-state index contributed by atoms with van der Waals surface area (Å²) in [6.45, 7) is 5.92. The summed E-state index contributed by atoms with van der Waals surface area (Å²) < 4.78 is 11.0. The van der Waals surface area contributed by atoms with Gasteiger partial charge in [-0.05, 0) is 27.2 Å².